The summed E-state index contributed by atoms with van der Waals surface area (Å²) in [7, 11) is 0. The molecule has 1 N–H and O–H groups in total. The van der Waals surface area contributed by atoms with Crippen molar-refractivity contribution in [2.45, 2.75) is 26.8 Å². The Bertz CT molecular complexity index is 318. The van der Waals surface area contributed by atoms with Gasteiger partial charge in [0.2, 0.25) is 0 Å². The smallest absolute Gasteiger partial charge is 0.308 e. The second kappa shape index (κ2) is 5.88. The van der Waals surface area contributed by atoms with Crippen molar-refractivity contribution < 1.29 is 9.90 Å². The van der Waals surface area contributed by atoms with E-state index in [-0.39, 0.29) is 6.42 Å². The number of aliphatic carboxylic acids is 1. The number of thiophene rings is 1. The van der Waals surface area contributed by atoms with E-state index in [0.29, 0.717) is 0 Å². The lowest BCUT2D eigenvalue weighted by Gasteiger charge is -2.16. The first-order valence-electron chi connectivity index (χ1n) is 5.17. The highest BCUT2D eigenvalue weighted by Gasteiger charge is 2.06. The first-order valence-corrected chi connectivity index (χ1v) is 5.99. The summed E-state index contributed by atoms with van der Waals surface area (Å²) in [6, 6.07) is 3.94. The van der Waals surface area contributed by atoms with Crippen molar-refractivity contribution in [1.82, 2.24) is 4.90 Å². The maximum Gasteiger partial charge on any atom is 0.308 e. The molecular formula is C11H17NO2S. The van der Waals surface area contributed by atoms with E-state index >= 15 is 0 Å². The molecule has 0 fully saturated rings. The van der Waals surface area contributed by atoms with Crippen molar-refractivity contribution in [3.05, 3.63) is 21.9 Å². The van der Waals surface area contributed by atoms with E-state index in [9.17, 15) is 4.79 Å². The second-order valence-electron chi connectivity index (χ2n) is 3.40. The van der Waals surface area contributed by atoms with Crippen LogP contribution in [0, 0.1) is 0 Å². The van der Waals surface area contributed by atoms with Crippen molar-refractivity contribution >= 4 is 17.3 Å². The van der Waals surface area contributed by atoms with E-state index in [1.807, 2.05) is 12.1 Å². The average Bonchev–Trinajstić information content (AvgIpc) is 2.61. The number of nitrogens with zero attached hydrogens (tertiary/aromatic N) is 1. The Morgan fingerprint density at radius 2 is 1.93 bits per heavy atom. The molecule has 0 radical (unpaired) electrons. The summed E-state index contributed by atoms with van der Waals surface area (Å²) in [4.78, 5) is 15.0. The lowest BCUT2D eigenvalue weighted by atomic mass is 10.3. The van der Waals surface area contributed by atoms with Gasteiger partial charge < -0.3 is 5.11 Å². The minimum Gasteiger partial charge on any atom is -0.481 e. The van der Waals surface area contributed by atoms with Gasteiger partial charge in [-0.2, -0.15) is 0 Å². The third kappa shape index (κ3) is 4.01. The third-order valence-corrected chi connectivity index (χ3v) is 3.39. The van der Waals surface area contributed by atoms with Gasteiger partial charge in [-0.15, -0.1) is 11.3 Å². The fraction of sp³-hybridized carbons (Fsp3) is 0.545. The van der Waals surface area contributed by atoms with E-state index in [1.165, 1.54) is 4.88 Å². The van der Waals surface area contributed by atoms with Crippen LogP contribution in [0.3, 0.4) is 0 Å². The Balaban J connectivity index is 2.55. The molecule has 1 heterocycles. The molecule has 1 rings (SSSR count). The predicted octanol–water partition coefficient (Wildman–Crippen LogP) is 2.22. The summed E-state index contributed by atoms with van der Waals surface area (Å²) in [5.41, 5.74) is 0. The molecule has 1 aromatic heterocycles. The molecule has 0 atom stereocenters. The maximum atomic E-state index is 10.5. The fourth-order valence-corrected chi connectivity index (χ4v) is 2.47. The molecule has 3 nitrogen and oxygen atoms in total. The normalized spacial score (nSPS) is 10.9. The summed E-state index contributed by atoms with van der Waals surface area (Å²) in [6.07, 6.45) is 0.142. The van der Waals surface area contributed by atoms with E-state index in [2.05, 4.69) is 18.7 Å². The summed E-state index contributed by atoms with van der Waals surface area (Å²) in [5.74, 6) is -0.758. The fourth-order valence-electron chi connectivity index (χ4n) is 1.42. The zero-order valence-corrected chi connectivity index (χ0v) is 10.0. The first kappa shape index (κ1) is 12.2. The van der Waals surface area contributed by atoms with E-state index in [4.69, 9.17) is 5.11 Å². The van der Waals surface area contributed by atoms with Crippen LogP contribution in [-0.4, -0.2) is 29.1 Å². The minimum atomic E-state index is -0.758. The number of carbonyl (C=O) groups is 1. The molecule has 84 valence electrons. The molecule has 0 aliphatic rings. The van der Waals surface area contributed by atoms with Gasteiger partial charge in [-0.3, -0.25) is 9.69 Å². The molecule has 1 aromatic rings. The molecule has 0 saturated carbocycles. The van der Waals surface area contributed by atoms with Crippen molar-refractivity contribution in [1.29, 1.82) is 0 Å². The predicted molar refractivity (Wildman–Crippen MR) is 62.3 cm³/mol. The monoisotopic (exact) mass is 227 g/mol. The van der Waals surface area contributed by atoms with Crippen molar-refractivity contribution in [2.24, 2.45) is 0 Å². The van der Waals surface area contributed by atoms with Crippen LogP contribution in [0.25, 0.3) is 0 Å². The minimum absolute atomic E-state index is 0.142. The highest BCUT2D eigenvalue weighted by atomic mass is 32.1. The number of carboxylic acid groups (broad SMARTS) is 1. The van der Waals surface area contributed by atoms with Crippen LogP contribution in [0.1, 0.15) is 23.6 Å². The zero-order valence-electron chi connectivity index (χ0n) is 9.19. The summed E-state index contributed by atoms with van der Waals surface area (Å²) in [5, 5.41) is 8.65. The van der Waals surface area contributed by atoms with Gasteiger partial charge >= 0.3 is 5.97 Å². The van der Waals surface area contributed by atoms with Crippen LogP contribution in [0.2, 0.25) is 0 Å². The molecule has 0 amide bonds. The summed E-state index contributed by atoms with van der Waals surface area (Å²) in [6.45, 7) is 7.26. The quantitative estimate of drug-likeness (QED) is 0.810. The van der Waals surface area contributed by atoms with Gasteiger partial charge in [0.05, 0.1) is 6.42 Å². The van der Waals surface area contributed by atoms with E-state index in [0.717, 1.165) is 24.5 Å². The molecule has 0 unspecified atom stereocenters. The zero-order chi connectivity index (χ0) is 11.3. The maximum absolute atomic E-state index is 10.5. The van der Waals surface area contributed by atoms with Crippen LogP contribution in [0.4, 0.5) is 0 Å². The summed E-state index contributed by atoms with van der Waals surface area (Å²) >= 11 is 1.60. The van der Waals surface area contributed by atoms with Crippen LogP contribution < -0.4 is 0 Å². The molecule has 0 aliphatic carbocycles. The number of hydrogen-bond donors (Lipinski definition) is 1. The molecule has 0 aliphatic heterocycles. The third-order valence-electron chi connectivity index (χ3n) is 2.32. The molecule has 0 bridgehead atoms. The molecule has 15 heavy (non-hydrogen) atoms. The van der Waals surface area contributed by atoms with Crippen molar-refractivity contribution in [3.63, 3.8) is 0 Å². The lowest BCUT2D eigenvalue weighted by molar-refractivity contribution is -0.136. The van der Waals surface area contributed by atoms with E-state index < -0.39 is 5.97 Å². The lowest BCUT2D eigenvalue weighted by Crippen LogP contribution is -2.21. The molecular weight excluding hydrogens is 210 g/mol. The Morgan fingerprint density at radius 3 is 2.47 bits per heavy atom. The van der Waals surface area contributed by atoms with Crippen LogP contribution in [0.5, 0.6) is 0 Å². The molecule has 4 heteroatoms. The Morgan fingerprint density at radius 1 is 1.33 bits per heavy atom. The largest absolute Gasteiger partial charge is 0.481 e. The van der Waals surface area contributed by atoms with Crippen molar-refractivity contribution in [3.8, 4) is 0 Å². The summed E-state index contributed by atoms with van der Waals surface area (Å²) < 4.78 is 0. The van der Waals surface area contributed by atoms with Gasteiger partial charge in [-0.25, -0.2) is 0 Å². The molecule has 0 spiro atoms. The Hall–Kier alpha value is -0.870. The molecule has 0 aromatic carbocycles. The number of hydrogen-bond acceptors (Lipinski definition) is 3. The highest BCUT2D eigenvalue weighted by molar-refractivity contribution is 7.12. The standard InChI is InChI=1S/C11H17NO2S/c1-3-12(4-2)8-10-6-5-9(15-10)7-11(13)14/h5-6H,3-4,7-8H2,1-2H3,(H,13,14). The Labute approximate surface area is 94.3 Å². The van der Waals surface area contributed by atoms with Gasteiger partial charge in [0.25, 0.3) is 0 Å². The van der Waals surface area contributed by atoms with Crippen LogP contribution in [0.15, 0.2) is 12.1 Å². The average molecular weight is 227 g/mol. The van der Waals surface area contributed by atoms with Gasteiger partial charge in [0.1, 0.15) is 0 Å². The second-order valence-corrected chi connectivity index (χ2v) is 4.65. The van der Waals surface area contributed by atoms with Gasteiger partial charge in [-0.1, -0.05) is 13.8 Å². The topological polar surface area (TPSA) is 40.5 Å². The van der Waals surface area contributed by atoms with Gasteiger partial charge in [-0.05, 0) is 25.2 Å². The number of rotatable bonds is 6. The first-order chi connectivity index (χ1) is 7.15. The Kier molecular flexibility index (Phi) is 4.78. The van der Waals surface area contributed by atoms with Gasteiger partial charge in [0.15, 0.2) is 0 Å². The number of carboxylic acids is 1. The highest BCUT2D eigenvalue weighted by Crippen LogP contribution is 2.18. The molecule has 0 saturated heterocycles. The van der Waals surface area contributed by atoms with Gasteiger partial charge in [0, 0.05) is 16.3 Å². The van der Waals surface area contributed by atoms with E-state index in [1.54, 1.807) is 11.3 Å². The SMILES string of the molecule is CCN(CC)Cc1ccc(CC(=O)O)s1. The van der Waals surface area contributed by atoms with Crippen LogP contribution >= 0.6 is 11.3 Å². The van der Waals surface area contributed by atoms with Crippen LogP contribution in [-0.2, 0) is 17.8 Å². The van der Waals surface area contributed by atoms with Crippen molar-refractivity contribution in [2.75, 3.05) is 13.1 Å².